The summed E-state index contributed by atoms with van der Waals surface area (Å²) in [5.74, 6) is 0.250. The largest absolute Gasteiger partial charge is 0.444 e. The van der Waals surface area contributed by atoms with E-state index in [4.69, 9.17) is 21.3 Å². The van der Waals surface area contributed by atoms with Crippen molar-refractivity contribution in [2.75, 3.05) is 0 Å². The fourth-order valence-corrected chi connectivity index (χ4v) is 1.19. The van der Waals surface area contributed by atoms with Crippen molar-refractivity contribution in [3.63, 3.8) is 0 Å². The van der Waals surface area contributed by atoms with Crippen LogP contribution in [0.2, 0.25) is 5.02 Å². The smallest absolute Gasteiger partial charge is 0.204 e. The Hall–Kier alpha value is -1.53. The zero-order chi connectivity index (χ0) is 8.55. The van der Waals surface area contributed by atoms with E-state index < -0.39 is 0 Å². The molecular weight excluding hydrogens is 176 g/mol. The molecule has 0 N–H and O–H groups in total. The second-order valence-electron chi connectivity index (χ2n) is 2.26. The minimum Gasteiger partial charge on any atom is -0.444 e. The third-order valence-electron chi connectivity index (χ3n) is 1.51. The van der Waals surface area contributed by atoms with E-state index in [0.717, 1.165) is 5.39 Å². The molecule has 0 saturated carbocycles. The number of pyridine rings is 1. The van der Waals surface area contributed by atoms with E-state index in [1.54, 1.807) is 6.07 Å². The number of furan rings is 1. The number of hydrogen-bond acceptors (Lipinski definition) is 3. The summed E-state index contributed by atoms with van der Waals surface area (Å²) in [6.07, 6.45) is 3.04. The molecule has 0 atom stereocenters. The lowest BCUT2D eigenvalue weighted by atomic mass is 10.3. The van der Waals surface area contributed by atoms with Gasteiger partial charge in [0.25, 0.3) is 0 Å². The van der Waals surface area contributed by atoms with Gasteiger partial charge in [0.1, 0.15) is 6.07 Å². The number of nitrogens with zero attached hydrogens (tertiary/aromatic N) is 2. The van der Waals surface area contributed by atoms with Crippen molar-refractivity contribution in [1.29, 1.82) is 5.26 Å². The average molecular weight is 179 g/mol. The van der Waals surface area contributed by atoms with Gasteiger partial charge < -0.3 is 4.42 Å². The minimum absolute atomic E-state index is 0.250. The Morgan fingerprint density at radius 2 is 2.33 bits per heavy atom. The first kappa shape index (κ1) is 7.14. The van der Waals surface area contributed by atoms with E-state index in [-0.39, 0.29) is 5.76 Å². The Kier molecular flexibility index (Phi) is 1.49. The van der Waals surface area contributed by atoms with E-state index in [0.29, 0.717) is 10.6 Å². The molecule has 0 aliphatic carbocycles. The number of nitriles is 1. The Labute approximate surface area is 73.2 Å². The summed E-state index contributed by atoms with van der Waals surface area (Å²) in [5.41, 5.74) is 0.541. The number of fused-ring (bicyclic) bond motifs is 1. The van der Waals surface area contributed by atoms with Crippen molar-refractivity contribution in [3.8, 4) is 6.07 Å². The lowest BCUT2D eigenvalue weighted by molar-refractivity contribution is 0.598. The lowest BCUT2D eigenvalue weighted by Crippen LogP contribution is -1.69. The second-order valence-corrected chi connectivity index (χ2v) is 2.66. The first-order valence-electron chi connectivity index (χ1n) is 3.24. The molecule has 3 nitrogen and oxygen atoms in total. The maximum Gasteiger partial charge on any atom is 0.204 e. The fourth-order valence-electron chi connectivity index (χ4n) is 0.983. The summed E-state index contributed by atoms with van der Waals surface area (Å²) in [6.45, 7) is 0. The quantitative estimate of drug-likeness (QED) is 0.622. The van der Waals surface area contributed by atoms with Crippen LogP contribution in [-0.4, -0.2) is 4.98 Å². The Morgan fingerprint density at radius 3 is 3.00 bits per heavy atom. The van der Waals surface area contributed by atoms with Crippen LogP contribution in [0, 0.1) is 11.3 Å². The molecule has 0 saturated heterocycles. The van der Waals surface area contributed by atoms with Crippen molar-refractivity contribution in [2.45, 2.75) is 0 Å². The lowest BCUT2D eigenvalue weighted by Gasteiger charge is -1.87. The molecule has 2 heterocycles. The standard InChI is InChI=1S/C8H3ClN2O/c9-7-3-11-4-8-6(7)1-5(2-10)12-8/h1,3-4H. The van der Waals surface area contributed by atoms with Crippen LogP contribution >= 0.6 is 11.6 Å². The third kappa shape index (κ3) is 0.936. The van der Waals surface area contributed by atoms with Crippen LogP contribution in [0.5, 0.6) is 0 Å². The van der Waals surface area contributed by atoms with Crippen LogP contribution in [0.1, 0.15) is 5.76 Å². The fraction of sp³-hybridized carbons (Fsp3) is 0. The van der Waals surface area contributed by atoms with Gasteiger partial charge in [0.05, 0.1) is 11.2 Å². The van der Waals surface area contributed by atoms with E-state index in [1.165, 1.54) is 12.4 Å². The van der Waals surface area contributed by atoms with Gasteiger partial charge in [-0.3, -0.25) is 4.98 Å². The van der Waals surface area contributed by atoms with Gasteiger partial charge >= 0.3 is 0 Å². The van der Waals surface area contributed by atoms with Gasteiger partial charge in [0.2, 0.25) is 5.76 Å². The number of halogens is 1. The van der Waals surface area contributed by atoms with Gasteiger partial charge in [-0.1, -0.05) is 11.6 Å². The molecule has 0 spiro atoms. The summed E-state index contributed by atoms with van der Waals surface area (Å²) in [5, 5.41) is 9.75. The highest BCUT2D eigenvalue weighted by atomic mass is 35.5. The summed E-state index contributed by atoms with van der Waals surface area (Å²) in [6, 6.07) is 3.49. The van der Waals surface area contributed by atoms with E-state index >= 15 is 0 Å². The number of hydrogen-bond donors (Lipinski definition) is 0. The van der Waals surface area contributed by atoms with Gasteiger partial charge in [-0.25, -0.2) is 0 Å². The van der Waals surface area contributed by atoms with Crippen LogP contribution in [0.25, 0.3) is 11.0 Å². The minimum atomic E-state index is 0.250. The molecule has 0 amide bonds. The molecular formula is C8H3ClN2O. The molecule has 0 radical (unpaired) electrons. The number of rotatable bonds is 0. The molecule has 0 fully saturated rings. The second kappa shape index (κ2) is 2.50. The molecule has 4 heteroatoms. The highest BCUT2D eigenvalue weighted by Gasteiger charge is 2.05. The van der Waals surface area contributed by atoms with Crippen molar-refractivity contribution >= 4 is 22.6 Å². The first-order valence-corrected chi connectivity index (χ1v) is 3.62. The van der Waals surface area contributed by atoms with Gasteiger partial charge in [-0.15, -0.1) is 0 Å². The average Bonchev–Trinajstić information content (AvgIpc) is 2.49. The maximum atomic E-state index is 8.52. The van der Waals surface area contributed by atoms with Crippen molar-refractivity contribution in [2.24, 2.45) is 0 Å². The van der Waals surface area contributed by atoms with E-state index in [2.05, 4.69) is 4.98 Å². The van der Waals surface area contributed by atoms with Crippen molar-refractivity contribution in [1.82, 2.24) is 4.98 Å². The van der Waals surface area contributed by atoms with Crippen molar-refractivity contribution < 1.29 is 4.42 Å². The summed E-state index contributed by atoms with van der Waals surface area (Å²) in [4.78, 5) is 3.82. The molecule has 0 unspecified atom stereocenters. The first-order chi connectivity index (χ1) is 5.81. The van der Waals surface area contributed by atoms with Gasteiger partial charge in [-0.2, -0.15) is 5.26 Å². The zero-order valence-corrected chi connectivity index (χ0v) is 6.67. The van der Waals surface area contributed by atoms with E-state index in [9.17, 15) is 0 Å². The monoisotopic (exact) mass is 178 g/mol. The van der Waals surface area contributed by atoms with Crippen molar-refractivity contribution in [3.05, 3.63) is 29.2 Å². The summed E-state index contributed by atoms with van der Waals surface area (Å²) in [7, 11) is 0. The molecule has 58 valence electrons. The highest BCUT2D eigenvalue weighted by Crippen LogP contribution is 2.24. The van der Waals surface area contributed by atoms with Crippen LogP contribution in [0.15, 0.2) is 22.9 Å². The van der Waals surface area contributed by atoms with Crippen LogP contribution in [-0.2, 0) is 0 Å². The molecule has 0 aromatic carbocycles. The Balaban J connectivity index is 2.85. The Bertz CT molecular complexity index is 469. The van der Waals surface area contributed by atoms with Gasteiger partial charge in [0, 0.05) is 17.6 Å². The molecule has 0 aliphatic heterocycles. The molecule has 2 aromatic heterocycles. The molecule has 12 heavy (non-hydrogen) atoms. The van der Waals surface area contributed by atoms with Crippen LogP contribution in [0.3, 0.4) is 0 Å². The Morgan fingerprint density at radius 1 is 1.50 bits per heavy atom. The summed E-state index contributed by atoms with van der Waals surface area (Å²) >= 11 is 5.80. The predicted molar refractivity (Wildman–Crippen MR) is 43.7 cm³/mol. The molecule has 0 bridgehead atoms. The SMILES string of the molecule is N#Cc1cc2c(Cl)cncc2o1. The maximum absolute atomic E-state index is 8.52. The molecule has 2 rings (SSSR count). The van der Waals surface area contributed by atoms with Gasteiger partial charge in [-0.05, 0) is 0 Å². The van der Waals surface area contributed by atoms with Gasteiger partial charge in [0.15, 0.2) is 5.58 Å². The van der Waals surface area contributed by atoms with Crippen LogP contribution < -0.4 is 0 Å². The number of aromatic nitrogens is 1. The topological polar surface area (TPSA) is 49.8 Å². The third-order valence-corrected chi connectivity index (χ3v) is 1.81. The molecule has 0 aliphatic rings. The zero-order valence-electron chi connectivity index (χ0n) is 5.91. The molecule has 2 aromatic rings. The normalized spacial score (nSPS) is 10.0. The van der Waals surface area contributed by atoms with E-state index in [1.807, 2.05) is 6.07 Å². The highest BCUT2D eigenvalue weighted by molar-refractivity contribution is 6.35. The predicted octanol–water partition coefficient (Wildman–Crippen LogP) is 2.35. The summed E-state index contributed by atoms with van der Waals surface area (Å²) < 4.78 is 5.09. The van der Waals surface area contributed by atoms with Crippen LogP contribution in [0.4, 0.5) is 0 Å².